The Morgan fingerprint density at radius 3 is 2.43 bits per heavy atom. The zero-order chi connectivity index (χ0) is 14.4. The van der Waals surface area contributed by atoms with Gasteiger partial charge in [0.05, 0.1) is 11.0 Å². The van der Waals surface area contributed by atoms with Gasteiger partial charge in [-0.2, -0.15) is 5.10 Å². The van der Waals surface area contributed by atoms with E-state index in [1.807, 2.05) is 0 Å². The Morgan fingerprint density at radius 2 is 1.62 bits per heavy atom. The molecular weight excluding hydrogens is 272 g/mol. The fourth-order valence-corrected chi connectivity index (χ4v) is 2.46. The van der Waals surface area contributed by atoms with Gasteiger partial charge in [-0.3, -0.25) is 10.1 Å². The smallest absolute Gasteiger partial charge is 0.124 e. The van der Waals surface area contributed by atoms with Crippen LogP contribution in [0, 0.1) is 11.6 Å². The van der Waals surface area contributed by atoms with E-state index in [9.17, 15) is 8.78 Å². The summed E-state index contributed by atoms with van der Waals surface area (Å²) in [4.78, 5) is 4.33. The number of aromatic amines is 1. The summed E-state index contributed by atoms with van der Waals surface area (Å²) in [5.74, 6) is -0.626. The van der Waals surface area contributed by atoms with Crippen LogP contribution in [0.2, 0.25) is 0 Å². The maximum atomic E-state index is 13.4. The molecule has 0 unspecified atom stereocenters. The summed E-state index contributed by atoms with van der Waals surface area (Å²) in [7, 11) is 0. The van der Waals surface area contributed by atoms with Crippen molar-refractivity contribution in [1.29, 1.82) is 0 Å². The lowest BCUT2D eigenvalue weighted by Crippen LogP contribution is -1.83. The second-order valence-corrected chi connectivity index (χ2v) is 4.79. The lowest BCUT2D eigenvalue weighted by Gasteiger charge is -2.00. The Balaban J connectivity index is 2.02. The molecule has 3 nitrogen and oxygen atoms in total. The molecule has 4 aromatic rings. The number of benzene rings is 2. The highest BCUT2D eigenvalue weighted by atomic mass is 19.1. The number of nitrogens with zero attached hydrogens (tertiary/aromatic N) is 2. The Bertz CT molecular complexity index is 959. The van der Waals surface area contributed by atoms with Gasteiger partial charge < -0.3 is 0 Å². The van der Waals surface area contributed by atoms with Crippen LogP contribution in [0.3, 0.4) is 0 Å². The molecule has 2 aromatic carbocycles. The van der Waals surface area contributed by atoms with Gasteiger partial charge >= 0.3 is 0 Å². The summed E-state index contributed by atoms with van der Waals surface area (Å²) in [5, 5.41) is 8.64. The van der Waals surface area contributed by atoms with Crippen molar-refractivity contribution in [2.24, 2.45) is 0 Å². The van der Waals surface area contributed by atoms with Gasteiger partial charge in [0.2, 0.25) is 0 Å². The van der Waals surface area contributed by atoms with Gasteiger partial charge in [0.1, 0.15) is 17.3 Å². The fourth-order valence-electron chi connectivity index (χ4n) is 2.46. The normalized spacial score (nSPS) is 11.3. The minimum Gasteiger partial charge on any atom is -0.276 e. The number of nitrogens with one attached hydrogen (secondary N) is 1. The molecular formula is C16H9F2N3. The summed E-state index contributed by atoms with van der Waals surface area (Å²) in [6.07, 6.45) is 1.69. The standard InChI is InChI=1S/C16H9F2N3/c17-10-3-1-9(2-4-10)15-13-8-19-14-6-5-11(18)7-12(14)16(13)21-20-15/h1-8H,(H,20,21). The van der Waals surface area contributed by atoms with Crippen molar-refractivity contribution in [3.63, 3.8) is 0 Å². The Labute approximate surface area is 118 Å². The molecule has 0 aliphatic heterocycles. The molecule has 2 aromatic heterocycles. The Morgan fingerprint density at radius 1 is 0.857 bits per heavy atom. The summed E-state index contributed by atoms with van der Waals surface area (Å²) in [5.41, 5.74) is 2.86. The van der Waals surface area contributed by atoms with E-state index in [0.717, 1.165) is 16.5 Å². The number of rotatable bonds is 1. The molecule has 0 aliphatic rings. The number of pyridine rings is 1. The van der Waals surface area contributed by atoms with Gasteiger partial charge in [0, 0.05) is 22.5 Å². The zero-order valence-corrected chi connectivity index (χ0v) is 10.8. The summed E-state index contributed by atoms with van der Waals surface area (Å²) in [6, 6.07) is 10.5. The van der Waals surface area contributed by atoms with E-state index in [1.165, 1.54) is 24.3 Å². The summed E-state index contributed by atoms with van der Waals surface area (Å²) < 4.78 is 26.4. The predicted molar refractivity (Wildman–Crippen MR) is 76.7 cm³/mol. The lowest BCUT2D eigenvalue weighted by molar-refractivity contribution is 0.628. The molecule has 5 heteroatoms. The molecule has 0 spiro atoms. The third-order valence-electron chi connectivity index (χ3n) is 3.48. The highest BCUT2D eigenvalue weighted by molar-refractivity contribution is 6.07. The van der Waals surface area contributed by atoms with E-state index in [1.54, 1.807) is 24.4 Å². The van der Waals surface area contributed by atoms with E-state index < -0.39 is 0 Å². The first-order valence-corrected chi connectivity index (χ1v) is 6.41. The molecule has 21 heavy (non-hydrogen) atoms. The van der Waals surface area contributed by atoms with Crippen molar-refractivity contribution in [1.82, 2.24) is 15.2 Å². The number of aromatic nitrogens is 3. The number of hydrogen-bond donors (Lipinski definition) is 1. The van der Waals surface area contributed by atoms with Gasteiger partial charge in [-0.25, -0.2) is 8.78 Å². The van der Waals surface area contributed by atoms with Crippen molar-refractivity contribution < 1.29 is 8.78 Å². The predicted octanol–water partition coefficient (Wildman–Crippen LogP) is 4.06. The molecule has 0 fully saturated rings. The maximum Gasteiger partial charge on any atom is 0.124 e. The minimum atomic E-state index is -0.324. The largest absolute Gasteiger partial charge is 0.276 e. The third-order valence-corrected chi connectivity index (χ3v) is 3.48. The molecule has 2 heterocycles. The average molecular weight is 281 g/mol. The van der Waals surface area contributed by atoms with Gasteiger partial charge in [-0.05, 0) is 42.5 Å². The number of fused-ring (bicyclic) bond motifs is 3. The van der Waals surface area contributed by atoms with Crippen LogP contribution in [0.4, 0.5) is 8.78 Å². The van der Waals surface area contributed by atoms with E-state index in [2.05, 4.69) is 15.2 Å². The Hall–Kier alpha value is -2.82. The van der Waals surface area contributed by atoms with Crippen molar-refractivity contribution in [2.45, 2.75) is 0 Å². The molecule has 0 saturated carbocycles. The first-order valence-electron chi connectivity index (χ1n) is 6.41. The van der Waals surface area contributed by atoms with Crippen molar-refractivity contribution in [2.75, 3.05) is 0 Å². The van der Waals surface area contributed by atoms with Crippen LogP contribution >= 0.6 is 0 Å². The van der Waals surface area contributed by atoms with Crippen LogP contribution in [-0.2, 0) is 0 Å². The third kappa shape index (κ3) is 1.86. The summed E-state index contributed by atoms with van der Waals surface area (Å²) >= 11 is 0. The second kappa shape index (κ2) is 4.34. The van der Waals surface area contributed by atoms with Gasteiger partial charge in [0.15, 0.2) is 0 Å². The molecule has 0 amide bonds. The quantitative estimate of drug-likeness (QED) is 0.571. The van der Waals surface area contributed by atoms with Gasteiger partial charge in [0.25, 0.3) is 0 Å². The lowest BCUT2D eigenvalue weighted by atomic mass is 10.1. The van der Waals surface area contributed by atoms with Crippen molar-refractivity contribution in [3.8, 4) is 11.3 Å². The van der Waals surface area contributed by atoms with Gasteiger partial charge in [-0.1, -0.05) is 0 Å². The van der Waals surface area contributed by atoms with E-state index in [0.29, 0.717) is 16.6 Å². The zero-order valence-electron chi connectivity index (χ0n) is 10.8. The SMILES string of the molecule is Fc1ccc(-c2n[nH]c3c2cnc2ccc(F)cc23)cc1. The van der Waals surface area contributed by atoms with Crippen LogP contribution in [0.25, 0.3) is 33.1 Å². The fraction of sp³-hybridized carbons (Fsp3) is 0. The summed E-state index contributed by atoms with van der Waals surface area (Å²) in [6.45, 7) is 0. The van der Waals surface area contributed by atoms with Crippen LogP contribution < -0.4 is 0 Å². The first-order chi connectivity index (χ1) is 10.2. The molecule has 0 bridgehead atoms. The highest BCUT2D eigenvalue weighted by Gasteiger charge is 2.12. The van der Waals surface area contributed by atoms with E-state index >= 15 is 0 Å². The minimum absolute atomic E-state index is 0.302. The molecule has 0 atom stereocenters. The maximum absolute atomic E-state index is 13.4. The van der Waals surface area contributed by atoms with E-state index in [4.69, 9.17) is 0 Å². The van der Waals surface area contributed by atoms with Crippen LogP contribution in [0.15, 0.2) is 48.7 Å². The molecule has 0 saturated heterocycles. The number of halogens is 2. The van der Waals surface area contributed by atoms with Crippen molar-refractivity contribution in [3.05, 3.63) is 60.3 Å². The monoisotopic (exact) mass is 281 g/mol. The first kappa shape index (κ1) is 12.0. The van der Waals surface area contributed by atoms with Crippen LogP contribution in [-0.4, -0.2) is 15.2 Å². The average Bonchev–Trinajstić information content (AvgIpc) is 2.92. The molecule has 102 valence electrons. The van der Waals surface area contributed by atoms with Crippen LogP contribution in [0.1, 0.15) is 0 Å². The van der Waals surface area contributed by atoms with Crippen molar-refractivity contribution >= 4 is 21.8 Å². The molecule has 1 N–H and O–H groups in total. The number of H-pyrrole nitrogens is 1. The van der Waals surface area contributed by atoms with E-state index in [-0.39, 0.29) is 11.6 Å². The Kier molecular flexibility index (Phi) is 2.47. The highest BCUT2D eigenvalue weighted by Crippen LogP contribution is 2.30. The second-order valence-electron chi connectivity index (χ2n) is 4.79. The number of hydrogen-bond acceptors (Lipinski definition) is 2. The molecule has 4 rings (SSSR count). The topological polar surface area (TPSA) is 41.6 Å². The van der Waals surface area contributed by atoms with Gasteiger partial charge in [-0.15, -0.1) is 0 Å². The van der Waals surface area contributed by atoms with Crippen LogP contribution in [0.5, 0.6) is 0 Å². The molecule has 0 aliphatic carbocycles. The molecule has 0 radical (unpaired) electrons.